The van der Waals surface area contributed by atoms with Crippen molar-refractivity contribution in [3.8, 4) is 0 Å². The predicted molar refractivity (Wildman–Crippen MR) is 99.1 cm³/mol. The molecule has 1 saturated heterocycles. The molecule has 25 heavy (non-hydrogen) atoms. The number of esters is 1. The molecule has 1 atom stereocenters. The predicted octanol–water partition coefficient (Wildman–Crippen LogP) is 2.78. The van der Waals surface area contributed by atoms with E-state index in [0.717, 1.165) is 16.7 Å². The van der Waals surface area contributed by atoms with Crippen LogP contribution >= 0.6 is 24.0 Å². The first kappa shape index (κ1) is 19.1. The van der Waals surface area contributed by atoms with Crippen LogP contribution in [0.2, 0.25) is 0 Å². The highest BCUT2D eigenvalue weighted by Crippen LogP contribution is 2.35. The topological polar surface area (TPSA) is 83.9 Å². The van der Waals surface area contributed by atoms with Crippen molar-refractivity contribution >= 4 is 52.2 Å². The molecule has 2 rings (SSSR count). The van der Waals surface area contributed by atoms with Crippen LogP contribution in [0.5, 0.6) is 0 Å². The van der Waals surface area contributed by atoms with Crippen LogP contribution in [0.25, 0.3) is 6.08 Å². The summed E-state index contributed by atoms with van der Waals surface area (Å²) in [6.07, 6.45) is 1.62. The van der Waals surface area contributed by atoms with Crippen molar-refractivity contribution in [2.45, 2.75) is 19.9 Å². The Morgan fingerprint density at radius 2 is 1.88 bits per heavy atom. The summed E-state index contributed by atoms with van der Waals surface area (Å²) < 4.78 is 4.86. The number of thioether (sulfide) groups is 1. The van der Waals surface area contributed by atoms with Crippen molar-refractivity contribution in [3.63, 3.8) is 0 Å². The number of ether oxygens (including phenoxy) is 1. The van der Waals surface area contributed by atoms with E-state index in [1.807, 2.05) is 0 Å². The zero-order valence-corrected chi connectivity index (χ0v) is 15.5. The molecule has 1 N–H and O–H groups in total. The summed E-state index contributed by atoms with van der Waals surface area (Å²) in [6.45, 7) is 3.46. The van der Waals surface area contributed by atoms with Crippen molar-refractivity contribution in [1.82, 2.24) is 4.90 Å². The minimum atomic E-state index is -1.09. The van der Waals surface area contributed by atoms with E-state index in [2.05, 4.69) is 4.74 Å². The molecule has 0 spiro atoms. The second kappa shape index (κ2) is 7.79. The number of benzene rings is 1. The van der Waals surface area contributed by atoms with Gasteiger partial charge in [0.25, 0.3) is 5.91 Å². The largest absolute Gasteiger partial charge is 0.480 e. The lowest BCUT2D eigenvalue weighted by molar-refractivity contribution is -0.146. The Kier molecular flexibility index (Phi) is 5.97. The number of carboxylic acid groups (broad SMARTS) is 1. The van der Waals surface area contributed by atoms with Gasteiger partial charge in [-0.05, 0) is 29.7 Å². The molecule has 0 saturated carbocycles. The van der Waals surface area contributed by atoms with E-state index in [1.54, 1.807) is 44.2 Å². The van der Waals surface area contributed by atoms with Crippen molar-refractivity contribution in [1.29, 1.82) is 0 Å². The van der Waals surface area contributed by atoms with Crippen molar-refractivity contribution in [2.75, 3.05) is 7.11 Å². The fourth-order valence-electron chi connectivity index (χ4n) is 2.40. The van der Waals surface area contributed by atoms with Gasteiger partial charge in [-0.2, -0.15) is 0 Å². The van der Waals surface area contributed by atoms with E-state index in [-0.39, 0.29) is 10.2 Å². The summed E-state index contributed by atoms with van der Waals surface area (Å²) >= 11 is 6.27. The molecule has 8 heteroatoms. The van der Waals surface area contributed by atoms with Crippen LogP contribution in [0.4, 0.5) is 0 Å². The lowest BCUT2D eigenvalue weighted by Crippen LogP contribution is -2.47. The van der Waals surface area contributed by atoms with E-state index >= 15 is 0 Å². The zero-order chi connectivity index (χ0) is 18.7. The van der Waals surface area contributed by atoms with Crippen LogP contribution in [-0.4, -0.2) is 45.3 Å². The Labute approximate surface area is 154 Å². The highest BCUT2D eigenvalue weighted by atomic mass is 32.2. The highest BCUT2D eigenvalue weighted by Gasteiger charge is 2.41. The number of methoxy groups -OCH3 is 1. The first-order valence-corrected chi connectivity index (χ1v) is 8.67. The number of aliphatic carboxylic acids is 1. The third-order valence-corrected chi connectivity index (χ3v) is 4.95. The number of rotatable bonds is 5. The molecule has 132 valence electrons. The van der Waals surface area contributed by atoms with Gasteiger partial charge in [-0.3, -0.25) is 9.69 Å². The minimum Gasteiger partial charge on any atom is -0.480 e. The van der Waals surface area contributed by atoms with Gasteiger partial charge in [0.1, 0.15) is 10.4 Å². The van der Waals surface area contributed by atoms with Crippen LogP contribution in [0.1, 0.15) is 29.8 Å². The second-order valence-electron chi connectivity index (χ2n) is 5.69. The molecule has 0 aliphatic carbocycles. The van der Waals surface area contributed by atoms with Crippen LogP contribution in [0.15, 0.2) is 29.2 Å². The Bertz CT molecular complexity index is 755. The third-order valence-electron chi connectivity index (χ3n) is 3.62. The van der Waals surface area contributed by atoms with E-state index in [1.165, 1.54) is 7.11 Å². The van der Waals surface area contributed by atoms with E-state index in [0.29, 0.717) is 16.0 Å². The Morgan fingerprint density at radius 1 is 1.28 bits per heavy atom. The molecule has 1 aliphatic heterocycles. The van der Waals surface area contributed by atoms with Gasteiger partial charge in [-0.1, -0.05) is 50.0 Å². The summed E-state index contributed by atoms with van der Waals surface area (Å²) in [5, 5.41) is 9.40. The summed E-state index contributed by atoms with van der Waals surface area (Å²) in [7, 11) is 1.30. The molecule has 1 fully saturated rings. The standard InChI is InChI=1S/C17H17NO5S2/c1-9(2)13(15(20)21)18-14(19)12(25-17(18)24)8-10-4-6-11(7-5-10)16(22)23-3/h4-9,13H,1-3H3,(H,20,21)/t13-/m0/s1. The SMILES string of the molecule is COC(=O)c1ccc(C=C2SC(=S)N([C@H](C(=O)O)C(C)C)C2=O)cc1. The monoisotopic (exact) mass is 379 g/mol. The van der Waals surface area contributed by atoms with Crippen molar-refractivity contribution in [2.24, 2.45) is 5.92 Å². The minimum absolute atomic E-state index is 0.225. The molecule has 0 bridgehead atoms. The van der Waals surface area contributed by atoms with Gasteiger partial charge < -0.3 is 9.84 Å². The van der Waals surface area contributed by atoms with Gasteiger partial charge in [0.05, 0.1) is 17.6 Å². The van der Waals surface area contributed by atoms with Gasteiger partial charge in [0.15, 0.2) is 0 Å². The average molecular weight is 379 g/mol. The summed E-state index contributed by atoms with van der Waals surface area (Å²) in [4.78, 5) is 37.0. The maximum absolute atomic E-state index is 12.6. The average Bonchev–Trinajstić information content (AvgIpc) is 2.82. The fraction of sp³-hybridized carbons (Fsp3) is 0.294. The van der Waals surface area contributed by atoms with Crippen LogP contribution in [0, 0.1) is 5.92 Å². The molecule has 1 heterocycles. The number of hydrogen-bond acceptors (Lipinski definition) is 6. The van der Waals surface area contributed by atoms with Crippen LogP contribution < -0.4 is 0 Å². The van der Waals surface area contributed by atoms with Gasteiger partial charge >= 0.3 is 11.9 Å². The van der Waals surface area contributed by atoms with Crippen LogP contribution in [-0.2, 0) is 14.3 Å². The quantitative estimate of drug-likeness (QED) is 0.478. The Hall–Kier alpha value is -2.19. The normalized spacial score (nSPS) is 17.3. The number of amides is 1. The zero-order valence-electron chi connectivity index (χ0n) is 13.9. The number of hydrogen-bond donors (Lipinski definition) is 1. The number of carbonyl (C=O) groups is 3. The summed E-state index contributed by atoms with van der Waals surface area (Å²) in [6, 6.07) is 5.53. The van der Waals surface area contributed by atoms with Crippen molar-refractivity contribution < 1.29 is 24.2 Å². The number of thiocarbonyl (C=S) groups is 1. The van der Waals surface area contributed by atoms with Gasteiger partial charge in [-0.15, -0.1) is 0 Å². The maximum Gasteiger partial charge on any atom is 0.337 e. The molecule has 1 aromatic carbocycles. The molecular weight excluding hydrogens is 362 g/mol. The first-order chi connectivity index (χ1) is 11.8. The maximum atomic E-state index is 12.6. The molecule has 0 aromatic heterocycles. The smallest absolute Gasteiger partial charge is 0.337 e. The summed E-state index contributed by atoms with van der Waals surface area (Å²) in [5.41, 5.74) is 1.10. The number of carbonyl (C=O) groups excluding carboxylic acids is 2. The first-order valence-electron chi connectivity index (χ1n) is 7.44. The third kappa shape index (κ3) is 4.08. The number of nitrogens with zero attached hydrogens (tertiary/aromatic N) is 1. The molecular formula is C17H17NO5S2. The van der Waals surface area contributed by atoms with Gasteiger partial charge in [-0.25, -0.2) is 9.59 Å². The fourth-order valence-corrected chi connectivity index (χ4v) is 3.73. The molecule has 1 aromatic rings. The summed E-state index contributed by atoms with van der Waals surface area (Å²) in [5.74, 6) is -2.24. The van der Waals surface area contributed by atoms with Crippen molar-refractivity contribution in [3.05, 3.63) is 40.3 Å². The molecule has 1 aliphatic rings. The Balaban J connectivity index is 2.28. The lowest BCUT2D eigenvalue weighted by Gasteiger charge is -2.26. The molecule has 0 unspecified atom stereocenters. The second-order valence-corrected chi connectivity index (χ2v) is 7.37. The highest BCUT2D eigenvalue weighted by molar-refractivity contribution is 8.26. The van der Waals surface area contributed by atoms with Crippen LogP contribution in [0.3, 0.4) is 0 Å². The lowest BCUT2D eigenvalue weighted by atomic mass is 10.0. The van der Waals surface area contributed by atoms with Gasteiger partial charge in [0.2, 0.25) is 0 Å². The number of carboxylic acids is 1. The molecule has 1 amide bonds. The Morgan fingerprint density at radius 3 is 2.36 bits per heavy atom. The van der Waals surface area contributed by atoms with E-state index in [9.17, 15) is 19.5 Å². The van der Waals surface area contributed by atoms with E-state index in [4.69, 9.17) is 12.2 Å². The molecule has 0 radical (unpaired) electrons. The molecule has 6 nitrogen and oxygen atoms in total. The van der Waals surface area contributed by atoms with E-state index < -0.39 is 23.9 Å². The van der Waals surface area contributed by atoms with Gasteiger partial charge in [0, 0.05) is 0 Å².